The largest absolute Gasteiger partial charge is 0.395 e. The van der Waals surface area contributed by atoms with Gasteiger partial charge in [0.25, 0.3) is 0 Å². The van der Waals surface area contributed by atoms with Gasteiger partial charge in [0, 0.05) is 30.6 Å². The van der Waals surface area contributed by atoms with E-state index in [0.717, 1.165) is 10.6 Å². The molecule has 0 aromatic heterocycles. The van der Waals surface area contributed by atoms with Crippen LogP contribution in [0.2, 0.25) is 0 Å². The first-order valence-electron chi connectivity index (χ1n) is 5.86. The van der Waals surface area contributed by atoms with Gasteiger partial charge in [-0.2, -0.15) is 4.91 Å². The van der Waals surface area contributed by atoms with Gasteiger partial charge in [-0.3, -0.25) is 4.79 Å². The molecule has 2 N–H and O–H groups in total. The number of carbonyl (C=O) groups excluding carboxylic acids is 1. The predicted molar refractivity (Wildman–Crippen MR) is 75.9 cm³/mol. The second kappa shape index (κ2) is 8.63. The van der Waals surface area contributed by atoms with E-state index >= 15 is 0 Å². The van der Waals surface area contributed by atoms with E-state index in [1.807, 2.05) is 16.4 Å². The summed E-state index contributed by atoms with van der Waals surface area (Å²) in [5, 5.41) is 14.4. The third kappa shape index (κ3) is 6.32. The summed E-state index contributed by atoms with van der Waals surface area (Å²) in [6.07, 6.45) is 0. The van der Waals surface area contributed by atoms with Crippen molar-refractivity contribution in [3.8, 4) is 0 Å². The van der Waals surface area contributed by atoms with Crippen LogP contribution < -0.4 is 5.32 Å². The lowest BCUT2D eigenvalue weighted by Gasteiger charge is -2.18. The Labute approximate surface area is 116 Å². The molecule has 0 radical (unpaired) electrons. The van der Waals surface area contributed by atoms with Crippen molar-refractivity contribution in [1.29, 1.82) is 0 Å². The molecule has 0 aliphatic heterocycles. The number of rotatable bonds is 8. The molecular weight excluding hydrogens is 266 g/mol. The summed E-state index contributed by atoms with van der Waals surface area (Å²) >= 11 is 1.44. The summed E-state index contributed by atoms with van der Waals surface area (Å²) in [7, 11) is 0. The van der Waals surface area contributed by atoms with Crippen molar-refractivity contribution >= 4 is 23.5 Å². The van der Waals surface area contributed by atoms with Gasteiger partial charge in [0.1, 0.15) is 0 Å². The second-order valence-corrected chi connectivity index (χ2v) is 4.97. The maximum Gasteiger partial charge on any atom is 0.221 e. The average Bonchev–Trinajstić information content (AvgIpc) is 2.38. The fourth-order valence-corrected chi connectivity index (χ4v) is 2.32. The number of nitrogens with one attached hydrogen (secondary N) is 1. The topological polar surface area (TPSA) is 82.0 Å². The molecular formula is C12H17N3O3S. The van der Waals surface area contributed by atoms with Crippen molar-refractivity contribution in [3.63, 3.8) is 0 Å². The number of aliphatic hydroxyl groups is 1. The van der Waals surface area contributed by atoms with E-state index in [2.05, 4.69) is 10.5 Å². The molecule has 0 aliphatic rings. The summed E-state index contributed by atoms with van der Waals surface area (Å²) in [5.41, 5.74) is 0.736. The van der Waals surface area contributed by atoms with Crippen LogP contribution in [-0.2, 0) is 4.79 Å². The molecule has 1 rings (SSSR count). The molecule has 1 aromatic rings. The third-order valence-electron chi connectivity index (χ3n) is 2.20. The van der Waals surface area contributed by atoms with Crippen molar-refractivity contribution in [3.05, 3.63) is 29.2 Å². The smallest absolute Gasteiger partial charge is 0.221 e. The average molecular weight is 283 g/mol. The van der Waals surface area contributed by atoms with Crippen LogP contribution in [0.1, 0.15) is 6.92 Å². The Morgan fingerprint density at radius 3 is 2.58 bits per heavy atom. The zero-order valence-electron chi connectivity index (χ0n) is 10.7. The van der Waals surface area contributed by atoms with Crippen molar-refractivity contribution in [2.75, 3.05) is 31.6 Å². The van der Waals surface area contributed by atoms with Crippen molar-refractivity contribution < 1.29 is 9.90 Å². The van der Waals surface area contributed by atoms with Crippen LogP contribution in [0.3, 0.4) is 0 Å². The Kier molecular flexibility index (Phi) is 7.09. The van der Waals surface area contributed by atoms with Crippen molar-refractivity contribution in [2.24, 2.45) is 5.18 Å². The molecule has 0 saturated carbocycles. The molecule has 1 amide bonds. The minimum absolute atomic E-state index is 0.0236. The van der Waals surface area contributed by atoms with Crippen LogP contribution in [-0.4, -0.2) is 41.6 Å². The number of benzene rings is 1. The number of anilines is 1. The highest BCUT2D eigenvalue weighted by molar-refractivity contribution is 7.97. The first kappa shape index (κ1) is 15.6. The van der Waals surface area contributed by atoms with E-state index in [9.17, 15) is 9.70 Å². The zero-order valence-corrected chi connectivity index (χ0v) is 11.5. The number of hydrogen-bond acceptors (Lipinski definition) is 6. The number of carbonyl (C=O) groups is 1. The Balaban J connectivity index is 2.58. The van der Waals surface area contributed by atoms with Crippen LogP contribution in [0, 0.1) is 4.91 Å². The summed E-state index contributed by atoms with van der Waals surface area (Å²) in [5.74, 6) is -0.112. The molecule has 0 unspecified atom stereocenters. The van der Waals surface area contributed by atoms with Gasteiger partial charge in [-0.15, -0.1) is 0 Å². The van der Waals surface area contributed by atoms with Crippen molar-refractivity contribution in [1.82, 2.24) is 4.31 Å². The maximum absolute atomic E-state index is 10.9. The lowest BCUT2D eigenvalue weighted by Crippen LogP contribution is -2.22. The molecule has 7 heteroatoms. The monoisotopic (exact) mass is 283 g/mol. The first-order valence-corrected chi connectivity index (χ1v) is 6.63. The van der Waals surface area contributed by atoms with E-state index in [1.54, 1.807) is 12.1 Å². The minimum Gasteiger partial charge on any atom is -0.395 e. The second-order valence-electron chi connectivity index (χ2n) is 3.80. The highest BCUT2D eigenvalue weighted by Crippen LogP contribution is 2.23. The normalized spacial score (nSPS) is 10.5. The highest BCUT2D eigenvalue weighted by Gasteiger charge is 2.06. The molecule has 0 atom stereocenters. The van der Waals surface area contributed by atoms with Crippen LogP contribution in [0.5, 0.6) is 0 Å². The lowest BCUT2D eigenvalue weighted by atomic mass is 10.3. The van der Waals surface area contributed by atoms with Gasteiger partial charge >= 0.3 is 0 Å². The zero-order chi connectivity index (χ0) is 14.1. The standard InChI is InChI=1S/C12H17N3O3S/c1-10(17)14-11-2-4-12(5-3-11)19-15(8-9-16)7-6-13-18/h2-5,16H,6-9H2,1H3,(H,14,17). The van der Waals surface area contributed by atoms with Crippen LogP contribution in [0.25, 0.3) is 0 Å². The van der Waals surface area contributed by atoms with E-state index in [4.69, 9.17) is 5.11 Å². The van der Waals surface area contributed by atoms with E-state index in [0.29, 0.717) is 13.1 Å². The van der Waals surface area contributed by atoms with Crippen LogP contribution in [0.15, 0.2) is 34.3 Å². The van der Waals surface area contributed by atoms with E-state index < -0.39 is 0 Å². The Hall–Kier alpha value is -1.44. The summed E-state index contributed by atoms with van der Waals surface area (Å²) in [4.78, 5) is 22.0. The fourth-order valence-electron chi connectivity index (χ4n) is 1.42. The molecule has 0 aliphatic carbocycles. The van der Waals surface area contributed by atoms with Gasteiger partial charge < -0.3 is 10.4 Å². The molecule has 0 saturated heterocycles. The number of nitrogens with zero attached hydrogens (tertiary/aromatic N) is 2. The van der Waals surface area contributed by atoms with E-state index in [-0.39, 0.29) is 19.1 Å². The van der Waals surface area contributed by atoms with Gasteiger partial charge in [0.05, 0.1) is 13.2 Å². The SMILES string of the molecule is CC(=O)Nc1ccc(SN(CCO)CCN=O)cc1. The van der Waals surface area contributed by atoms with Gasteiger partial charge in [-0.25, -0.2) is 4.31 Å². The fraction of sp³-hybridized carbons (Fsp3) is 0.417. The predicted octanol–water partition coefficient (Wildman–Crippen LogP) is 1.71. The number of amides is 1. The molecule has 19 heavy (non-hydrogen) atoms. The van der Waals surface area contributed by atoms with Gasteiger partial charge in [0.15, 0.2) is 0 Å². The quantitative estimate of drug-likeness (QED) is 0.560. The van der Waals surface area contributed by atoms with E-state index in [1.165, 1.54) is 18.9 Å². The Bertz CT molecular complexity index is 411. The number of aliphatic hydroxyl groups excluding tert-OH is 1. The lowest BCUT2D eigenvalue weighted by molar-refractivity contribution is -0.114. The molecule has 0 spiro atoms. The van der Waals surface area contributed by atoms with Gasteiger partial charge in [-0.05, 0) is 36.2 Å². The molecule has 0 fully saturated rings. The van der Waals surface area contributed by atoms with Gasteiger partial charge in [-0.1, -0.05) is 5.18 Å². The number of nitroso groups, excluding NO2 is 1. The summed E-state index contributed by atoms with van der Waals surface area (Å²) in [6.45, 7) is 2.63. The molecule has 104 valence electrons. The Morgan fingerprint density at radius 1 is 1.37 bits per heavy atom. The summed E-state index contributed by atoms with van der Waals surface area (Å²) in [6, 6.07) is 7.35. The Morgan fingerprint density at radius 2 is 2.05 bits per heavy atom. The highest BCUT2D eigenvalue weighted by atomic mass is 32.2. The van der Waals surface area contributed by atoms with Crippen LogP contribution in [0.4, 0.5) is 5.69 Å². The van der Waals surface area contributed by atoms with Gasteiger partial charge in [0.2, 0.25) is 5.91 Å². The third-order valence-corrected chi connectivity index (χ3v) is 3.31. The number of hydrogen-bond donors (Lipinski definition) is 2. The molecule has 6 nitrogen and oxygen atoms in total. The minimum atomic E-state index is -0.112. The maximum atomic E-state index is 10.9. The van der Waals surface area contributed by atoms with Crippen molar-refractivity contribution in [2.45, 2.75) is 11.8 Å². The molecule has 0 bridgehead atoms. The first-order chi connectivity index (χ1) is 9.15. The summed E-state index contributed by atoms with van der Waals surface area (Å²) < 4.78 is 1.87. The van der Waals surface area contributed by atoms with Crippen LogP contribution >= 0.6 is 11.9 Å². The molecule has 0 heterocycles. The molecule has 1 aromatic carbocycles.